The number of aryl methyl sites for hydroxylation is 1. The Morgan fingerprint density at radius 1 is 1.11 bits per heavy atom. The highest BCUT2D eigenvalue weighted by Crippen LogP contribution is 2.33. The van der Waals surface area contributed by atoms with E-state index in [1.807, 2.05) is 46.8 Å². The Morgan fingerprint density at radius 2 is 1.89 bits per heavy atom. The van der Waals surface area contributed by atoms with Gasteiger partial charge in [0.05, 0.1) is 17.9 Å². The number of hydrogen-bond acceptors (Lipinski definition) is 4. The SMILES string of the molecule is Cc1nn(-c2ccccc2)c2nc3c(cc12)CN(C1CCCCC1)C(=O)O3. The van der Waals surface area contributed by atoms with Crippen molar-refractivity contribution >= 4 is 17.1 Å². The molecule has 0 bridgehead atoms. The minimum absolute atomic E-state index is 0.274. The highest BCUT2D eigenvalue weighted by atomic mass is 16.6. The van der Waals surface area contributed by atoms with Gasteiger partial charge in [-0.15, -0.1) is 0 Å². The monoisotopic (exact) mass is 362 g/mol. The number of para-hydroxylation sites is 1. The fourth-order valence-electron chi connectivity index (χ4n) is 4.22. The van der Waals surface area contributed by atoms with Crippen LogP contribution in [0.2, 0.25) is 0 Å². The first-order valence-electron chi connectivity index (χ1n) is 9.64. The number of benzene rings is 1. The first-order valence-corrected chi connectivity index (χ1v) is 9.64. The molecule has 0 radical (unpaired) electrons. The lowest BCUT2D eigenvalue weighted by Crippen LogP contribution is -2.45. The lowest BCUT2D eigenvalue weighted by atomic mass is 9.94. The van der Waals surface area contributed by atoms with Crippen molar-refractivity contribution in [2.45, 2.75) is 51.6 Å². The smallest absolute Gasteiger partial charge is 0.391 e. The van der Waals surface area contributed by atoms with Crippen LogP contribution in [0.25, 0.3) is 16.7 Å². The van der Waals surface area contributed by atoms with Crippen molar-refractivity contribution in [1.82, 2.24) is 19.7 Å². The van der Waals surface area contributed by atoms with Gasteiger partial charge in [0.15, 0.2) is 5.65 Å². The molecular weight excluding hydrogens is 340 g/mol. The summed E-state index contributed by atoms with van der Waals surface area (Å²) in [6.45, 7) is 2.56. The van der Waals surface area contributed by atoms with Crippen LogP contribution in [-0.2, 0) is 6.54 Å². The van der Waals surface area contributed by atoms with Crippen molar-refractivity contribution in [3.8, 4) is 11.6 Å². The maximum absolute atomic E-state index is 12.6. The molecule has 1 fully saturated rings. The molecule has 0 atom stereocenters. The number of rotatable bonds is 2. The van der Waals surface area contributed by atoms with Crippen molar-refractivity contribution in [3.05, 3.63) is 47.7 Å². The lowest BCUT2D eigenvalue weighted by Gasteiger charge is -2.36. The highest BCUT2D eigenvalue weighted by Gasteiger charge is 2.33. The second-order valence-electron chi connectivity index (χ2n) is 7.44. The van der Waals surface area contributed by atoms with Crippen LogP contribution < -0.4 is 4.74 Å². The van der Waals surface area contributed by atoms with Gasteiger partial charge in [-0.05, 0) is 38.0 Å². The number of pyridine rings is 1. The number of hydrogen-bond donors (Lipinski definition) is 0. The van der Waals surface area contributed by atoms with Crippen LogP contribution >= 0.6 is 0 Å². The molecule has 27 heavy (non-hydrogen) atoms. The molecule has 0 saturated heterocycles. The van der Waals surface area contributed by atoms with Crippen LogP contribution in [0.3, 0.4) is 0 Å². The van der Waals surface area contributed by atoms with E-state index in [0.717, 1.165) is 40.8 Å². The summed E-state index contributed by atoms with van der Waals surface area (Å²) in [5.41, 5.74) is 3.54. The summed E-state index contributed by atoms with van der Waals surface area (Å²) in [5, 5.41) is 5.66. The van der Waals surface area contributed by atoms with Crippen LogP contribution in [0.1, 0.15) is 43.4 Å². The number of carbonyl (C=O) groups excluding carboxylic acids is 1. The summed E-state index contributed by atoms with van der Waals surface area (Å²) in [5.74, 6) is 0.414. The Kier molecular flexibility index (Phi) is 3.85. The Balaban J connectivity index is 1.56. The minimum atomic E-state index is -0.274. The predicted molar refractivity (Wildman–Crippen MR) is 102 cm³/mol. The molecule has 1 aromatic carbocycles. The molecule has 0 spiro atoms. The van der Waals surface area contributed by atoms with Crippen molar-refractivity contribution in [2.75, 3.05) is 0 Å². The molecule has 3 heterocycles. The summed E-state index contributed by atoms with van der Waals surface area (Å²) < 4.78 is 7.45. The number of ether oxygens (including phenoxy) is 1. The zero-order chi connectivity index (χ0) is 18.4. The topological polar surface area (TPSA) is 60.2 Å². The summed E-state index contributed by atoms with van der Waals surface area (Å²) >= 11 is 0. The predicted octanol–water partition coefficient (Wildman–Crippen LogP) is 4.38. The second kappa shape index (κ2) is 6.37. The molecule has 6 heteroatoms. The van der Waals surface area contributed by atoms with E-state index in [9.17, 15) is 4.79 Å². The minimum Gasteiger partial charge on any atom is -0.391 e. The van der Waals surface area contributed by atoms with Gasteiger partial charge in [-0.25, -0.2) is 9.48 Å². The van der Waals surface area contributed by atoms with Crippen LogP contribution in [-0.4, -0.2) is 31.8 Å². The molecule has 6 nitrogen and oxygen atoms in total. The van der Waals surface area contributed by atoms with Gasteiger partial charge in [-0.1, -0.05) is 37.5 Å². The van der Waals surface area contributed by atoms with Crippen LogP contribution in [0.15, 0.2) is 36.4 Å². The fourth-order valence-corrected chi connectivity index (χ4v) is 4.22. The van der Waals surface area contributed by atoms with Crippen LogP contribution in [0.5, 0.6) is 5.88 Å². The van der Waals surface area contributed by atoms with Crippen molar-refractivity contribution < 1.29 is 9.53 Å². The summed E-state index contributed by atoms with van der Waals surface area (Å²) in [6, 6.07) is 12.3. The normalized spacial score (nSPS) is 17.8. The second-order valence-corrected chi connectivity index (χ2v) is 7.44. The van der Waals surface area contributed by atoms with Gasteiger partial charge in [-0.3, -0.25) is 0 Å². The maximum atomic E-state index is 12.6. The first kappa shape index (κ1) is 16.3. The standard InChI is InChI=1S/C21H22N4O2/c1-14-18-12-15-13-24(16-8-4-2-5-9-16)21(26)27-20(15)22-19(18)25(23-14)17-10-6-3-7-11-17/h3,6-7,10-12,16H,2,4-5,8-9,13H2,1H3. The zero-order valence-corrected chi connectivity index (χ0v) is 15.4. The van der Waals surface area contributed by atoms with E-state index in [1.54, 1.807) is 0 Å². The molecule has 2 aromatic heterocycles. The van der Waals surface area contributed by atoms with Gasteiger partial charge in [0.2, 0.25) is 5.88 Å². The largest absolute Gasteiger partial charge is 0.417 e. The zero-order valence-electron chi connectivity index (χ0n) is 15.4. The first-order chi connectivity index (χ1) is 13.2. The molecule has 3 aromatic rings. The lowest BCUT2D eigenvalue weighted by molar-refractivity contribution is 0.0998. The molecule has 2 aliphatic rings. The van der Waals surface area contributed by atoms with E-state index in [1.165, 1.54) is 19.3 Å². The highest BCUT2D eigenvalue weighted by molar-refractivity contribution is 5.83. The summed E-state index contributed by atoms with van der Waals surface area (Å²) in [7, 11) is 0. The van der Waals surface area contributed by atoms with E-state index in [-0.39, 0.29) is 12.1 Å². The molecule has 1 aliphatic heterocycles. The van der Waals surface area contributed by atoms with Gasteiger partial charge in [0.1, 0.15) is 0 Å². The third-order valence-electron chi connectivity index (χ3n) is 5.66. The third-order valence-corrected chi connectivity index (χ3v) is 5.66. The van der Waals surface area contributed by atoms with Gasteiger partial charge in [0.25, 0.3) is 0 Å². The van der Waals surface area contributed by atoms with Crippen molar-refractivity contribution in [3.63, 3.8) is 0 Å². The Bertz CT molecular complexity index is 1010. The van der Waals surface area contributed by atoms with E-state index in [0.29, 0.717) is 12.4 Å². The van der Waals surface area contributed by atoms with Gasteiger partial charge in [0, 0.05) is 17.0 Å². The fraction of sp³-hybridized carbons (Fsp3) is 0.381. The van der Waals surface area contributed by atoms with Crippen LogP contribution in [0.4, 0.5) is 4.79 Å². The molecule has 5 rings (SSSR count). The number of amides is 1. The average molecular weight is 362 g/mol. The Hall–Kier alpha value is -2.89. The number of carbonyl (C=O) groups is 1. The summed E-state index contributed by atoms with van der Waals surface area (Å²) in [4.78, 5) is 19.1. The number of aromatic nitrogens is 3. The Labute approximate surface area is 157 Å². The third kappa shape index (κ3) is 2.76. The van der Waals surface area contributed by atoms with E-state index < -0.39 is 0 Å². The molecular formula is C21H22N4O2. The van der Waals surface area contributed by atoms with E-state index in [2.05, 4.69) is 16.1 Å². The van der Waals surface area contributed by atoms with E-state index in [4.69, 9.17) is 4.74 Å². The maximum Gasteiger partial charge on any atom is 0.417 e. The molecule has 1 saturated carbocycles. The van der Waals surface area contributed by atoms with Gasteiger partial charge >= 0.3 is 6.09 Å². The quantitative estimate of drug-likeness (QED) is 0.679. The molecule has 138 valence electrons. The molecule has 1 aliphatic carbocycles. The van der Waals surface area contributed by atoms with Gasteiger partial charge in [-0.2, -0.15) is 10.1 Å². The molecule has 0 N–H and O–H groups in total. The average Bonchev–Trinajstić information content (AvgIpc) is 3.03. The molecule has 1 amide bonds. The molecule has 0 unspecified atom stereocenters. The number of nitrogens with zero attached hydrogens (tertiary/aromatic N) is 4. The van der Waals surface area contributed by atoms with Crippen molar-refractivity contribution in [1.29, 1.82) is 0 Å². The number of fused-ring (bicyclic) bond motifs is 2. The van der Waals surface area contributed by atoms with E-state index >= 15 is 0 Å². The Morgan fingerprint density at radius 3 is 2.67 bits per heavy atom. The van der Waals surface area contributed by atoms with Crippen LogP contribution in [0, 0.1) is 6.92 Å². The summed E-state index contributed by atoms with van der Waals surface area (Å²) in [6.07, 6.45) is 5.47. The van der Waals surface area contributed by atoms with Crippen molar-refractivity contribution in [2.24, 2.45) is 0 Å². The van der Waals surface area contributed by atoms with Gasteiger partial charge < -0.3 is 9.64 Å².